The maximum Gasteiger partial charge on any atom is 0.219 e. The van der Waals surface area contributed by atoms with E-state index in [1.54, 1.807) is 0 Å². The molecule has 0 heterocycles. The molecule has 0 bridgehead atoms. The molecule has 0 aliphatic heterocycles. The van der Waals surface area contributed by atoms with E-state index < -0.39 is 0 Å². The fourth-order valence-electron chi connectivity index (χ4n) is 0.938. The Morgan fingerprint density at radius 3 is 2.71 bits per heavy atom. The van der Waals surface area contributed by atoms with E-state index in [1.165, 1.54) is 23.7 Å². The highest BCUT2D eigenvalue weighted by Gasteiger charge is 2.07. The normalized spacial score (nSPS) is 11.8. The van der Waals surface area contributed by atoms with Crippen molar-refractivity contribution in [3.8, 4) is 0 Å². The van der Waals surface area contributed by atoms with Crippen LogP contribution in [0.3, 0.4) is 0 Å². The third-order valence-corrected chi connectivity index (χ3v) is 2.57. The van der Waals surface area contributed by atoms with Crippen LogP contribution in [0, 0.1) is 5.41 Å². The van der Waals surface area contributed by atoms with Crippen LogP contribution in [0.4, 0.5) is 0 Å². The molecule has 1 atom stereocenters. The molecule has 0 spiro atoms. The Bertz CT molecular complexity index is 310. The standard InChI is InChI=1S/C11H13NOS/c1-3-11(12)13-14-9(2)10-7-5-4-6-8-10/h3-9,12H,1H2,2H3. The van der Waals surface area contributed by atoms with Crippen LogP contribution in [-0.4, -0.2) is 5.90 Å². The number of nitrogens with one attached hydrogen (secondary N) is 1. The molecule has 14 heavy (non-hydrogen) atoms. The summed E-state index contributed by atoms with van der Waals surface area (Å²) in [6.07, 6.45) is 1.38. The molecule has 0 amide bonds. The summed E-state index contributed by atoms with van der Waals surface area (Å²) in [6, 6.07) is 10.0. The summed E-state index contributed by atoms with van der Waals surface area (Å²) in [5.74, 6) is 0.0952. The largest absolute Gasteiger partial charge is 0.406 e. The minimum Gasteiger partial charge on any atom is -0.406 e. The number of benzene rings is 1. The number of hydrogen-bond donors (Lipinski definition) is 1. The van der Waals surface area contributed by atoms with Gasteiger partial charge in [0.15, 0.2) is 0 Å². The minimum absolute atomic E-state index is 0.0952. The van der Waals surface area contributed by atoms with E-state index in [2.05, 4.69) is 6.58 Å². The van der Waals surface area contributed by atoms with Gasteiger partial charge in [-0.15, -0.1) is 0 Å². The van der Waals surface area contributed by atoms with E-state index in [9.17, 15) is 0 Å². The van der Waals surface area contributed by atoms with E-state index in [4.69, 9.17) is 9.59 Å². The van der Waals surface area contributed by atoms with Crippen LogP contribution in [-0.2, 0) is 4.18 Å². The quantitative estimate of drug-likeness (QED) is 0.465. The molecular weight excluding hydrogens is 194 g/mol. The topological polar surface area (TPSA) is 33.1 Å². The van der Waals surface area contributed by atoms with E-state index >= 15 is 0 Å². The van der Waals surface area contributed by atoms with Crippen LogP contribution >= 0.6 is 12.0 Å². The zero-order valence-corrected chi connectivity index (χ0v) is 8.88. The van der Waals surface area contributed by atoms with Gasteiger partial charge in [-0.1, -0.05) is 36.9 Å². The smallest absolute Gasteiger partial charge is 0.219 e. The minimum atomic E-state index is 0.0952. The van der Waals surface area contributed by atoms with Crippen molar-refractivity contribution < 1.29 is 4.18 Å². The Labute approximate surface area is 88.7 Å². The lowest BCUT2D eigenvalue weighted by Gasteiger charge is -2.09. The Kier molecular flexibility index (Phi) is 4.26. The molecule has 0 saturated carbocycles. The molecule has 0 radical (unpaired) electrons. The monoisotopic (exact) mass is 207 g/mol. The second-order valence-corrected chi connectivity index (χ2v) is 3.87. The van der Waals surface area contributed by atoms with Crippen LogP contribution in [0.15, 0.2) is 43.0 Å². The van der Waals surface area contributed by atoms with Gasteiger partial charge in [-0.2, -0.15) is 0 Å². The average molecular weight is 207 g/mol. The molecule has 0 fully saturated rings. The first-order chi connectivity index (χ1) is 6.74. The van der Waals surface area contributed by atoms with Crippen LogP contribution in [0.2, 0.25) is 0 Å². The maximum atomic E-state index is 7.23. The fourth-order valence-corrected chi connectivity index (χ4v) is 1.52. The summed E-state index contributed by atoms with van der Waals surface area (Å²) in [5, 5.41) is 7.45. The summed E-state index contributed by atoms with van der Waals surface area (Å²) < 4.78 is 5.09. The van der Waals surface area contributed by atoms with Gasteiger partial charge < -0.3 is 4.18 Å². The van der Waals surface area contributed by atoms with E-state index in [-0.39, 0.29) is 11.1 Å². The summed E-state index contributed by atoms with van der Waals surface area (Å²) >= 11 is 1.27. The molecule has 74 valence electrons. The first-order valence-electron chi connectivity index (χ1n) is 4.33. The number of rotatable bonds is 4. The second kappa shape index (κ2) is 5.50. The van der Waals surface area contributed by atoms with Gasteiger partial charge in [0.1, 0.15) is 0 Å². The van der Waals surface area contributed by atoms with Crippen LogP contribution in [0.1, 0.15) is 17.7 Å². The lowest BCUT2D eigenvalue weighted by molar-refractivity contribution is 0.636. The van der Waals surface area contributed by atoms with Crippen molar-refractivity contribution >= 4 is 17.9 Å². The highest BCUT2D eigenvalue weighted by atomic mass is 32.2. The van der Waals surface area contributed by atoms with Crippen LogP contribution in [0.5, 0.6) is 0 Å². The van der Waals surface area contributed by atoms with Crippen molar-refractivity contribution in [1.82, 2.24) is 0 Å². The average Bonchev–Trinajstić information content (AvgIpc) is 2.26. The van der Waals surface area contributed by atoms with Gasteiger partial charge in [-0.25, -0.2) is 0 Å². The molecule has 0 aliphatic rings. The SMILES string of the molecule is C=CC(=N)OSC(C)c1ccccc1. The van der Waals surface area contributed by atoms with E-state index in [0.717, 1.165) is 0 Å². The van der Waals surface area contributed by atoms with Gasteiger partial charge in [0, 0.05) is 0 Å². The lowest BCUT2D eigenvalue weighted by Crippen LogP contribution is -1.94. The molecule has 1 aromatic carbocycles. The highest BCUT2D eigenvalue weighted by Crippen LogP contribution is 2.28. The Balaban J connectivity index is 2.47. The predicted octanol–water partition coefficient (Wildman–Crippen LogP) is 3.58. The second-order valence-electron chi connectivity index (χ2n) is 2.80. The van der Waals surface area contributed by atoms with Crippen molar-refractivity contribution in [1.29, 1.82) is 5.41 Å². The van der Waals surface area contributed by atoms with Crippen molar-refractivity contribution in [3.63, 3.8) is 0 Å². The number of hydrogen-bond acceptors (Lipinski definition) is 3. The Hall–Kier alpha value is -1.22. The Morgan fingerprint density at radius 2 is 2.14 bits per heavy atom. The van der Waals surface area contributed by atoms with Gasteiger partial charge in [-0.05, 0) is 18.6 Å². The molecule has 1 rings (SSSR count). The molecular formula is C11H13NOS. The highest BCUT2D eigenvalue weighted by molar-refractivity contribution is 7.95. The van der Waals surface area contributed by atoms with Gasteiger partial charge in [0.25, 0.3) is 0 Å². The fraction of sp³-hybridized carbons (Fsp3) is 0.182. The molecule has 3 heteroatoms. The summed E-state index contributed by atoms with van der Waals surface area (Å²) in [7, 11) is 0. The zero-order valence-electron chi connectivity index (χ0n) is 8.07. The molecule has 1 unspecified atom stereocenters. The third kappa shape index (κ3) is 3.26. The Morgan fingerprint density at radius 1 is 1.50 bits per heavy atom. The van der Waals surface area contributed by atoms with Crippen molar-refractivity contribution in [2.24, 2.45) is 0 Å². The maximum absolute atomic E-state index is 7.23. The molecule has 0 aromatic heterocycles. The van der Waals surface area contributed by atoms with Crippen molar-refractivity contribution in [3.05, 3.63) is 48.6 Å². The molecule has 2 nitrogen and oxygen atoms in total. The van der Waals surface area contributed by atoms with Crippen LogP contribution in [0.25, 0.3) is 0 Å². The zero-order chi connectivity index (χ0) is 10.4. The van der Waals surface area contributed by atoms with E-state index in [0.29, 0.717) is 0 Å². The summed E-state index contributed by atoms with van der Waals surface area (Å²) in [4.78, 5) is 0. The van der Waals surface area contributed by atoms with Gasteiger partial charge in [-0.3, -0.25) is 5.41 Å². The molecule has 0 aliphatic carbocycles. The first-order valence-corrected chi connectivity index (χ1v) is 5.13. The van der Waals surface area contributed by atoms with E-state index in [1.807, 2.05) is 37.3 Å². The van der Waals surface area contributed by atoms with Gasteiger partial charge in [0.05, 0.1) is 17.3 Å². The lowest BCUT2D eigenvalue weighted by atomic mass is 10.2. The van der Waals surface area contributed by atoms with Crippen molar-refractivity contribution in [2.45, 2.75) is 12.2 Å². The van der Waals surface area contributed by atoms with Crippen molar-refractivity contribution in [2.75, 3.05) is 0 Å². The van der Waals surface area contributed by atoms with Gasteiger partial charge in [0.2, 0.25) is 5.90 Å². The first kappa shape index (κ1) is 10.9. The predicted molar refractivity (Wildman–Crippen MR) is 61.5 cm³/mol. The summed E-state index contributed by atoms with van der Waals surface area (Å²) in [6.45, 7) is 5.49. The van der Waals surface area contributed by atoms with Gasteiger partial charge >= 0.3 is 0 Å². The molecule has 0 saturated heterocycles. The summed E-state index contributed by atoms with van der Waals surface area (Å²) in [5.41, 5.74) is 1.19. The van der Waals surface area contributed by atoms with Crippen LogP contribution < -0.4 is 0 Å². The molecule has 1 N–H and O–H groups in total. The third-order valence-electron chi connectivity index (χ3n) is 1.74. The molecule has 1 aromatic rings.